The summed E-state index contributed by atoms with van der Waals surface area (Å²) in [6, 6.07) is 13.4. The number of piperazine rings is 1. The largest absolute Gasteiger partial charge is 0.377 e. The van der Waals surface area contributed by atoms with Gasteiger partial charge in [-0.05, 0) is 23.4 Å². The van der Waals surface area contributed by atoms with E-state index in [0.29, 0.717) is 50.1 Å². The summed E-state index contributed by atoms with van der Waals surface area (Å²) in [5.74, 6) is -0.0392. The molecular formula is C20H27N3O4S2. The molecule has 0 saturated carbocycles. The number of nitrogens with zero attached hydrogens (tertiary/aromatic N) is 2. The first kappa shape index (κ1) is 21.9. The Bertz CT molecular complexity index is 849. The van der Waals surface area contributed by atoms with Gasteiger partial charge >= 0.3 is 0 Å². The number of amides is 1. The predicted octanol–water partition coefficient (Wildman–Crippen LogP) is 1.78. The lowest BCUT2D eigenvalue weighted by molar-refractivity contribution is -0.122. The number of carbonyl (C=O) groups is 1. The second-order valence-electron chi connectivity index (χ2n) is 6.85. The van der Waals surface area contributed by atoms with Gasteiger partial charge in [-0.1, -0.05) is 36.4 Å². The fourth-order valence-electron chi connectivity index (χ4n) is 3.09. The number of carbonyl (C=O) groups excluding carboxylic acids is 1. The van der Waals surface area contributed by atoms with Gasteiger partial charge in [-0.3, -0.25) is 9.69 Å². The van der Waals surface area contributed by atoms with Crippen LogP contribution in [-0.4, -0.2) is 69.4 Å². The van der Waals surface area contributed by atoms with E-state index in [-0.39, 0.29) is 12.5 Å². The Hall–Kier alpha value is -1.78. The van der Waals surface area contributed by atoms with Crippen LogP contribution in [0.3, 0.4) is 0 Å². The normalized spacial score (nSPS) is 16.0. The smallest absolute Gasteiger partial charge is 0.252 e. The Labute approximate surface area is 176 Å². The Morgan fingerprint density at radius 3 is 2.52 bits per heavy atom. The second-order valence-corrected chi connectivity index (χ2v) is 9.97. The van der Waals surface area contributed by atoms with Crippen molar-refractivity contribution in [1.82, 2.24) is 14.5 Å². The van der Waals surface area contributed by atoms with E-state index in [2.05, 4.69) is 5.32 Å². The van der Waals surface area contributed by atoms with Gasteiger partial charge in [-0.15, -0.1) is 11.3 Å². The van der Waals surface area contributed by atoms with Crippen molar-refractivity contribution < 1.29 is 17.9 Å². The van der Waals surface area contributed by atoms with Crippen molar-refractivity contribution in [2.45, 2.75) is 17.2 Å². The molecule has 9 heteroatoms. The van der Waals surface area contributed by atoms with Crippen molar-refractivity contribution >= 4 is 27.3 Å². The zero-order valence-corrected chi connectivity index (χ0v) is 18.0. The van der Waals surface area contributed by atoms with E-state index in [1.54, 1.807) is 17.5 Å². The maximum atomic E-state index is 12.5. The van der Waals surface area contributed by atoms with Crippen LogP contribution in [0.4, 0.5) is 0 Å². The van der Waals surface area contributed by atoms with Crippen LogP contribution in [0.1, 0.15) is 12.0 Å². The molecule has 2 heterocycles. The van der Waals surface area contributed by atoms with Gasteiger partial charge in [0.1, 0.15) is 4.21 Å². The van der Waals surface area contributed by atoms with Gasteiger partial charge in [0.05, 0.1) is 13.2 Å². The zero-order chi connectivity index (χ0) is 20.5. The number of hydrogen-bond donors (Lipinski definition) is 1. The molecule has 0 spiro atoms. The van der Waals surface area contributed by atoms with Crippen molar-refractivity contribution in [2.24, 2.45) is 0 Å². The molecule has 0 atom stereocenters. The third-order valence-electron chi connectivity index (χ3n) is 4.69. The molecule has 158 valence electrons. The molecule has 1 aromatic carbocycles. The SMILES string of the molecule is O=C(CN1CCN(S(=O)(=O)c2cccs2)CC1)NCCCOCc1ccccc1. The monoisotopic (exact) mass is 437 g/mol. The van der Waals surface area contributed by atoms with E-state index in [9.17, 15) is 13.2 Å². The van der Waals surface area contributed by atoms with E-state index in [0.717, 1.165) is 12.0 Å². The van der Waals surface area contributed by atoms with Crippen LogP contribution in [-0.2, 0) is 26.2 Å². The summed E-state index contributed by atoms with van der Waals surface area (Å²) >= 11 is 1.23. The molecule has 1 amide bonds. The lowest BCUT2D eigenvalue weighted by Gasteiger charge is -2.33. The van der Waals surface area contributed by atoms with Crippen LogP contribution >= 0.6 is 11.3 Å². The predicted molar refractivity (Wildman–Crippen MR) is 113 cm³/mol. The quantitative estimate of drug-likeness (QED) is 0.573. The molecule has 7 nitrogen and oxygen atoms in total. The van der Waals surface area contributed by atoms with E-state index in [1.165, 1.54) is 15.6 Å². The topological polar surface area (TPSA) is 79.0 Å². The molecule has 1 aliphatic rings. The van der Waals surface area contributed by atoms with Gasteiger partial charge in [-0.25, -0.2) is 8.42 Å². The summed E-state index contributed by atoms with van der Waals surface area (Å²) in [5.41, 5.74) is 1.14. The van der Waals surface area contributed by atoms with Crippen LogP contribution in [0.25, 0.3) is 0 Å². The summed E-state index contributed by atoms with van der Waals surface area (Å²) in [6.07, 6.45) is 0.755. The van der Waals surface area contributed by atoms with Crippen LogP contribution in [0.15, 0.2) is 52.1 Å². The van der Waals surface area contributed by atoms with Crippen molar-refractivity contribution in [3.05, 3.63) is 53.4 Å². The van der Waals surface area contributed by atoms with Gasteiger partial charge < -0.3 is 10.1 Å². The van der Waals surface area contributed by atoms with Crippen LogP contribution in [0.2, 0.25) is 0 Å². The number of sulfonamides is 1. The summed E-state index contributed by atoms with van der Waals surface area (Å²) in [4.78, 5) is 14.1. The average molecular weight is 438 g/mol. The molecule has 1 aliphatic heterocycles. The molecule has 3 rings (SSSR count). The summed E-state index contributed by atoms with van der Waals surface area (Å²) in [6.45, 7) is 3.94. The van der Waals surface area contributed by atoms with E-state index in [1.807, 2.05) is 35.2 Å². The molecule has 0 radical (unpaired) electrons. The zero-order valence-electron chi connectivity index (χ0n) is 16.3. The molecule has 29 heavy (non-hydrogen) atoms. The summed E-state index contributed by atoms with van der Waals surface area (Å²) in [5, 5.41) is 4.67. The minimum atomic E-state index is -3.40. The number of rotatable bonds is 10. The highest BCUT2D eigenvalue weighted by Gasteiger charge is 2.29. The lowest BCUT2D eigenvalue weighted by atomic mass is 10.2. The van der Waals surface area contributed by atoms with Crippen molar-refractivity contribution in [3.8, 4) is 0 Å². The van der Waals surface area contributed by atoms with E-state index < -0.39 is 10.0 Å². The Morgan fingerprint density at radius 2 is 1.83 bits per heavy atom. The van der Waals surface area contributed by atoms with Gasteiger partial charge in [0, 0.05) is 39.3 Å². The molecule has 0 bridgehead atoms. The maximum absolute atomic E-state index is 12.5. The van der Waals surface area contributed by atoms with Crippen molar-refractivity contribution in [3.63, 3.8) is 0 Å². The Kier molecular flexibility index (Phi) is 8.19. The van der Waals surface area contributed by atoms with Crippen LogP contribution in [0, 0.1) is 0 Å². The summed E-state index contributed by atoms with van der Waals surface area (Å²) < 4.78 is 32.5. The van der Waals surface area contributed by atoms with Crippen molar-refractivity contribution in [1.29, 1.82) is 0 Å². The van der Waals surface area contributed by atoms with Gasteiger partial charge in [0.25, 0.3) is 10.0 Å². The highest BCUT2D eigenvalue weighted by molar-refractivity contribution is 7.91. The van der Waals surface area contributed by atoms with Crippen molar-refractivity contribution in [2.75, 3.05) is 45.9 Å². The highest BCUT2D eigenvalue weighted by atomic mass is 32.2. The second kappa shape index (κ2) is 10.8. The highest BCUT2D eigenvalue weighted by Crippen LogP contribution is 2.21. The van der Waals surface area contributed by atoms with Gasteiger partial charge in [0.15, 0.2) is 0 Å². The van der Waals surface area contributed by atoms with Crippen LogP contribution in [0.5, 0.6) is 0 Å². The fourth-order valence-corrected chi connectivity index (χ4v) is 5.66. The minimum Gasteiger partial charge on any atom is -0.377 e. The molecule has 2 aromatic rings. The van der Waals surface area contributed by atoms with Gasteiger partial charge in [0.2, 0.25) is 5.91 Å². The number of hydrogen-bond acceptors (Lipinski definition) is 6. The third-order valence-corrected chi connectivity index (χ3v) is 7.96. The molecular weight excluding hydrogens is 410 g/mol. The Balaban J connectivity index is 1.28. The first-order valence-corrected chi connectivity index (χ1v) is 12.0. The molecule has 1 saturated heterocycles. The molecule has 0 unspecified atom stereocenters. The van der Waals surface area contributed by atoms with E-state index in [4.69, 9.17) is 4.74 Å². The standard InChI is InChI=1S/C20H27N3O4S2/c24-19(21-9-5-14-27-17-18-6-2-1-3-7-18)16-22-10-12-23(13-11-22)29(25,26)20-8-4-15-28-20/h1-4,6-8,15H,5,9-14,16-17H2,(H,21,24). The molecule has 1 aromatic heterocycles. The number of ether oxygens (including phenoxy) is 1. The lowest BCUT2D eigenvalue weighted by Crippen LogP contribution is -2.51. The number of thiophene rings is 1. The average Bonchev–Trinajstić information content (AvgIpc) is 3.28. The molecule has 1 N–H and O–H groups in total. The van der Waals surface area contributed by atoms with Crippen LogP contribution < -0.4 is 5.32 Å². The van der Waals surface area contributed by atoms with E-state index >= 15 is 0 Å². The fraction of sp³-hybridized carbons (Fsp3) is 0.450. The maximum Gasteiger partial charge on any atom is 0.252 e. The first-order chi connectivity index (χ1) is 14.1. The number of nitrogens with one attached hydrogen (secondary N) is 1. The van der Waals surface area contributed by atoms with Gasteiger partial charge in [-0.2, -0.15) is 4.31 Å². The number of benzene rings is 1. The molecule has 0 aliphatic carbocycles. The first-order valence-electron chi connectivity index (χ1n) is 9.70. The minimum absolute atomic E-state index is 0.0392. The Morgan fingerprint density at radius 1 is 1.07 bits per heavy atom. The third kappa shape index (κ3) is 6.61. The summed E-state index contributed by atoms with van der Waals surface area (Å²) in [7, 11) is -3.40. The molecule has 1 fully saturated rings.